The van der Waals surface area contributed by atoms with Crippen LogP contribution in [0, 0.1) is 0 Å². The molecule has 0 aromatic carbocycles. The van der Waals surface area contributed by atoms with Gasteiger partial charge in [-0.15, -0.1) is 11.6 Å². The zero-order valence-electron chi connectivity index (χ0n) is 6.16. The molecule has 62 valence electrons. The number of alkyl halides is 2. The maximum absolute atomic E-state index is 5.49. The normalized spacial score (nSPS) is 13.5. The van der Waals surface area contributed by atoms with Crippen molar-refractivity contribution in [3.05, 3.63) is 0 Å². The summed E-state index contributed by atoms with van der Waals surface area (Å²) in [5.74, 6) is 0.748. The molecule has 0 aliphatic carbocycles. The first-order valence-corrected chi connectivity index (χ1v) is 5.17. The SMILES string of the molecule is CNC(I)CNCCCCl. The Hall–Kier alpha value is 0.940. The third-order valence-corrected chi connectivity index (χ3v) is 2.45. The number of likely N-dealkylation sites (N-methyl/N-ethyl adjacent to an activating group) is 1. The second-order valence-electron chi connectivity index (χ2n) is 2.00. The predicted molar refractivity (Wildman–Crippen MR) is 55.1 cm³/mol. The summed E-state index contributed by atoms with van der Waals surface area (Å²) in [4.78, 5) is 0. The van der Waals surface area contributed by atoms with Gasteiger partial charge >= 0.3 is 0 Å². The molecule has 4 heteroatoms. The highest BCUT2D eigenvalue weighted by atomic mass is 127. The first-order chi connectivity index (χ1) is 4.81. The smallest absolute Gasteiger partial charge is 0.0717 e. The minimum atomic E-state index is 0.521. The van der Waals surface area contributed by atoms with Gasteiger partial charge in [0.2, 0.25) is 0 Å². The van der Waals surface area contributed by atoms with E-state index in [4.69, 9.17) is 11.6 Å². The molecule has 0 saturated carbocycles. The van der Waals surface area contributed by atoms with Crippen molar-refractivity contribution >= 4 is 34.2 Å². The molecule has 1 unspecified atom stereocenters. The molecule has 0 bridgehead atoms. The molecular formula is C6H14ClIN2. The van der Waals surface area contributed by atoms with Gasteiger partial charge in [0.15, 0.2) is 0 Å². The average Bonchev–Trinajstić information content (AvgIpc) is 1.98. The topological polar surface area (TPSA) is 24.1 Å². The van der Waals surface area contributed by atoms with Crippen molar-refractivity contribution in [2.24, 2.45) is 0 Å². The Kier molecular flexibility index (Phi) is 8.80. The molecule has 0 aromatic heterocycles. The molecule has 0 fully saturated rings. The first-order valence-electron chi connectivity index (χ1n) is 3.39. The fraction of sp³-hybridized carbons (Fsp3) is 1.00. The van der Waals surface area contributed by atoms with E-state index in [9.17, 15) is 0 Å². The van der Waals surface area contributed by atoms with E-state index in [0.29, 0.717) is 4.05 Å². The zero-order valence-corrected chi connectivity index (χ0v) is 9.08. The Morgan fingerprint density at radius 3 is 2.80 bits per heavy atom. The lowest BCUT2D eigenvalue weighted by Crippen LogP contribution is -2.32. The van der Waals surface area contributed by atoms with Crippen LogP contribution in [-0.2, 0) is 0 Å². The highest BCUT2D eigenvalue weighted by molar-refractivity contribution is 14.1. The van der Waals surface area contributed by atoms with Crippen LogP contribution in [0.3, 0.4) is 0 Å². The fourth-order valence-electron chi connectivity index (χ4n) is 0.523. The molecule has 0 aliphatic rings. The summed E-state index contributed by atoms with van der Waals surface area (Å²) in [5, 5.41) is 6.42. The Morgan fingerprint density at radius 1 is 1.60 bits per heavy atom. The number of hydrogen-bond acceptors (Lipinski definition) is 2. The van der Waals surface area contributed by atoms with Gasteiger partial charge in [0.25, 0.3) is 0 Å². The minimum Gasteiger partial charge on any atom is -0.314 e. The minimum absolute atomic E-state index is 0.521. The van der Waals surface area contributed by atoms with E-state index in [1.807, 2.05) is 7.05 Å². The maximum Gasteiger partial charge on any atom is 0.0717 e. The van der Waals surface area contributed by atoms with Crippen LogP contribution in [0.5, 0.6) is 0 Å². The lowest BCUT2D eigenvalue weighted by Gasteiger charge is -2.08. The lowest BCUT2D eigenvalue weighted by atomic mass is 10.5. The van der Waals surface area contributed by atoms with Gasteiger partial charge in [-0.05, 0) is 20.0 Å². The van der Waals surface area contributed by atoms with E-state index in [1.165, 1.54) is 0 Å². The van der Waals surface area contributed by atoms with Crippen molar-refractivity contribution in [1.29, 1.82) is 0 Å². The van der Waals surface area contributed by atoms with Gasteiger partial charge in [0.05, 0.1) is 4.05 Å². The summed E-state index contributed by atoms with van der Waals surface area (Å²) in [6.07, 6.45) is 1.05. The van der Waals surface area contributed by atoms with Crippen molar-refractivity contribution in [3.63, 3.8) is 0 Å². The fourth-order valence-corrected chi connectivity index (χ4v) is 0.968. The highest BCUT2D eigenvalue weighted by Crippen LogP contribution is 1.91. The van der Waals surface area contributed by atoms with Gasteiger partial charge in [-0.25, -0.2) is 0 Å². The molecule has 1 atom stereocenters. The van der Waals surface area contributed by atoms with Crippen molar-refractivity contribution in [3.8, 4) is 0 Å². The molecule has 0 saturated heterocycles. The number of hydrogen-bond donors (Lipinski definition) is 2. The molecular weight excluding hydrogens is 262 g/mol. The van der Waals surface area contributed by atoms with E-state index < -0.39 is 0 Å². The largest absolute Gasteiger partial charge is 0.314 e. The molecule has 0 heterocycles. The molecule has 10 heavy (non-hydrogen) atoms. The molecule has 0 rings (SSSR count). The van der Waals surface area contributed by atoms with Crippen molar-refractivity contribution in [2.75, 3.05) is 26.0 Å². The Balaban J connectivity index is 2.89. The van der Waals surface area contributed by atoms with Crippen LogP contribution in [0.1, 0.15) is 6.42 Å². The second-order valence-corrected chi connectivity index (χ2v) is 3.88. The van der Waals surface area contributed by atoms with Crippen molar-refractivity contribution in [2.45, 2.75) is 10.5 Å². The number of halogens is 2. The monoisotopic (exact) mass is 276 g/mol. The van der Waals surface area contributed by atoms with E-state index in [0.717, 1.165) is 25.4 Å². The average molecular weight is 277 g/mol. The van der Waals surface area contributed by atoms with Gasteiger partial charge in [0.1, 0.15) is 0 Å². The van der Waals surface area contributed by atoms with Crippen LogP contribution in [0.15, 0.2) is 0 Å². The molecule has 0 radical (unpaired) electrons. The van der Waals surface area contributed by atoms with Gasteiger partial charge in [0, 0.05) is 12.4 Å². The van der Waals surface area contributed by atoms with E-state index in [-0.39, 0.29) is 0 Å². The summed E-state index contributed by atoms with van der Waals surface area (Å²) in [5.41, 5.74) is 0. The summed E-state index contributed by atoms with van der Waals surface area (Å²) < 4.78 is 0.521. The van der Waals surface area contributed by atoms with Crippen LogP contribution in [0.2, 0.25) is 0 Å². The standard InChI is InChI=1S/C6H14ClIN2/c1-9-6(8)5-10-4-2-3-7/h6,9-10H,2-5H2,1H3. The van der Waals surface area contributed by atoms with Gasteiger partial charge in [-0.2, -0.15) is 0 Å². The summed E-state index contributed by atoms with van der Waals surface area (Å²) in [6, 6.07) is 0. The van der Waals surface area contributed by atoms with Gasteiger partial charge in [-0.3, -0.25) is 0 Å². The third kappa shape index (κ3) is 7.05. The van der Waals surface area contributed by atoms with Crippen LogP contribution < -0.4 is 10.6 Å². The van der Waals surface area contributed by atoms with Crippen LogP contribution in [0.4, 0.5) is 0 Å². The number of rotatable bonds is 6. The second kappa shape index (κ2) is 8.04. The highest BCUT2D eigenvalue weighted by Gasteiger charge is 1.96. The first kappa shape index (κ1) is 10.9. The zero-order chi connectivity index (χ0) is 7.82. The summed E-state index contributed by atoms with van der Waals surface area (Å²) in [6.45, 7) is 2.03. The predicted octanol–water partition coefficient (Wildman–Crippen LogP) is 1.19. The molecule has 2 N–H and O–H groups in total. The third-order valence-electron chi connectivity index (χ3n) is 1.12. The Morgan fingerprint density at radius 2 is 2.30 bits per heavy atom. The molecule has 0 amide bonds. The quantitative estimate of drug-likeness (QED) is 0.330. The van der Waals surface area contributed by atoms with Crippen LogP contribution >= 0.6 is 34.2 Å². The van der Waals surface area contributed by atoms with E-state index >= 15 is 0 Å². The van der Waals surface area contributed by atoms with Gasteiger partial charge < -0.3 is 10.6 Å². The van der Waals surface area contributed by atoms with Crippen molar-refractivity contribution < 1.29 is 0 Å². The van der Waals surface area contributed by atoms with E-state index in [2.05, 4.69) is 33.2 Å². The van der Waals surface area contributed by atoms with E-state index in [1.54, 1.807) is 0 Å². The molecule has 2 nitrogen and oxygen atoms in total. The molecule has 0 spiro atoms. The molecule has 0 aromatic rings. The number of nitrogens with one attached hydrogen (secondary N) is 2. The van der Waals surface area contributed by atoms with Gasteiger partial charge in [-0.1, -0.05) is 22.6 Å². The van der Waals surface area contributed by atoms with Crippen LogP contribution in [0.25, 0.3) is 0 Å². The summed E-state index contributed by atoms with van der Waals surface area (Å²) in [7, 11) is 1.96. The van der Waals surface area contributed by atoms with Crippen LogP contribution in [-0.4, -0.2) is 30.1 Å². The molecule has 0 aliphatic heterocycles. The van der Waals surface area contributed by atoms with Crippen molar-refractivity contribution in [1.82, 2.24) is 10.6 Å². The Bertz CT molecular complexity index is 72.8. The summed E-state index contributed by atoms with van der Waals surface area (Å²) >= 11 is 7.84. The Labute approximate surface area is 81.2 Å². The lowest BCUT2D eigenvalue weighted by molar-refractivity contribution is 0.629. The maximum atomic E-state index is 5.49.